The largest absolute Gasteiger partial charge is 0.171 e. The maximum atomic E-state index is 4.05. The highest BCUT2D eigenvalue weighted by atomic mass is 79.9. The highest BCUT2D eigenvalue weighted by Crippen LogP contribution is 2.03. The lowest BCUT2D eigenvalue weighted by Gasteiger charge is -2.02. The summed E-state index contributed by atoms with van der Waals surface area (Å²) in [5.41, 5.74) is 0. The van der Waals surface area contributed by atoms with Crippen LogP contribution in [-0.2, 0) is 0 Å². The third-order valence-corrected chi connectivity index (χ3v) is 2.08. The van der Waals surface area contributed by atoms with Gasteiger partial charge in [0.1, 0.15) is 0 Å². The topological polar surface area (TPSA) is 43.6 Å². The highest BCUT2D eigenvalue weighted by Gasteiger charge is 2.04. The Kier molecular flexibility index (Phi) is 2.37. The number of tetrazole rings is 1. The van der Waals surface area contributed by atoms with Crippen LogP contribution in [-0.4, -0.2) is 25.5 Å². The fourth-order valence-corrected chi connectivity index (χ4v) is 0.806. The average Bonchev–Trinajstić information content (AvgIpc) is 2.34. The summed E-state index contributed by atoms with van der Waals surface area (Å²) in [7, 11) is 0. The van der Waals surface area contributed by atoms with Crippen molar-refractivity contribution in [1.29, 1.82) is 0 Å². The van der Waals surface area contributed by atoms with Gasteiger partial charge < -0.3 is 0 Å². The van der Waals surface area contributed by atoms with E-state index in [0.29, 0.717) is 5.82 Å². The van der Waals surface area contributed by atoms with Crippen LogP contribution in [0.5, 0.6) is 0 Å². The zero-order chi connectivity index (χ0) is 7.56. The van der Waals surface area contributed by atoms with Crippen LogP contribution in [0.4, 0.5) is 0 Å². The molecule has 1 atom stereocenters. The summed E-state index contributed by atoms with van der Waals surface area (Å²) in [6.45, 7) is 3.85. The Morgan fingerprint density at radius 2 is 2.40 bits per heavy atom. The summed E-state index contributed by atoms with van der Waals surface area (Å²) in [6, 6.07) is 0.279. The van der Waals surface area contributed by atoms with Gasteiger partial charge >= 0.3 is 0 Å². The molecule has 0 saturated heterocycles. The van der Waals surface area contributed by atoms with Gasteiger partial charge in [0, 0.05) is 5.33 Å². The second-order valence-electron chi connectivity index (χ2n) is 2.16. The summed E-state index contributed by atoms with van der Waals surface area (Å²) in [5, 5.41) is 12.5. The third kappa shape index (κ3) is 1.53. The molecular formula is C5H9BrN4. The third-order valence-electron chi connectivity index (χ3n) is 1.15. The molecule has 1 heterocycles. The van der Waals surface area contributed by atoms with Gasteiger partial charge in [-0.1, -0.05) is 15.9 Å². The molecule has 5 heteroatoms. The van der Waals surface area contributed by atoms with Crippen LogP contribution >= 0.6 is 15.9 Å². The molecule has 0 aliphatic heterocycles. The van der Waals surface area contributed by atoms with Crippen molar-refractivity contribution in [2.75, 3.05) is 5.33 Å². The Labute approximate surface area is 67.7 Å². The van der Waals surface area contributed by atoms with E-state index >= 15 is 0 Å². The maximum Gasteiger partial charge on any atom is 0.171 e. The van der Waals surface area contributed by atoms with Gasteiger partial charge in [-0.25, -0.2) is 0 Å². The zero-order valence-corrected chi connectivity index (χ0v) is 7.54. The van der Waals surface area contributed by atoms with Gasteiger partial charge in [-0.2, -0.15) is 4.80 Å². The average molecular weight is 205 g/mol. The number of nitrogens with zero attached hydrogens (tertiary/aromatic N) is 4. The van der Waals surface area contributed by atoms with Gasteiger partial charge in [0.25, 0.3) is 0 Å². The second kappa shape index (κ2) is 3.09. The summed E-state index contributed by atoms with van der Waals surface area (Å²) in [4.78, 5) is 1.60. The van der Waals surface area contributed by atoms with Crippen molar-refractivity contribution >= 4 is 15.9 Å². The standard InChI is InChI=1S/C5H9BrN4/c1-4(3-6)10-8-5(2)7-9-10/h4H,3H2,1-2H3/t4-/m0/s1. The van der Waals surface area contributed by atoms with Gasteiger partial charge in [0.05, 0.1) is 6.04 Å². The molecule has 0 saturated carbocycles. The molecule has 0 unspecified atom stereocenters. The molecule has 0 spiro atoms. The van der Waals surface area contributed by atoms with Crippen LogP contribution in [0, 0.1) is 6.92 Å². The number of hydrogen-bond acceptors (Lipinski definition) is 3. The van der Waals surface area contributed by atoms with Crippen LogP contribution in [0.2, 0.25) is 0 Å². The van der Waals surface area contributed by atoms with Crippen molar-refractivity contribution in [2.45, 2.75) is 19.9 Å². The lowest BCUT2D eigenvalue weighted by atomic mass is 10.4. The van der Waals surface area contributed by atoms with E-state index < -0.39 is 0 Å². The quantitative estimate of drug-likeness (QED) is 0.674. The molecule has 0 aliphatic rings. The van der Waals surface area contributed by atoms with Crippen molar-refractivity contribution in [3.8, 4) is 0 Å². The minimum absolute atomic E-state index is 0.279. The van der Waals surface area contributed by atoms with E-state index in [1.807, 2.05) is 13.8 Å². The molecule has 56 valence electrons. The van der Waals surface area contributed by atoms with Gasteiger partial charge in [0.15, 0.2) is 5.82 Å². The zero-order valence-electron chi connectivity index (χ0n) is 5.95. The smallest absolute Gasteiger partial charge is 0.161 e. The van der Waals surface area contributed by atoms with E-state index in [-0.39, 0.29) is 6.04 Å². The van der Waals surface area contributed by atoms with Gasteiger partial charge in [-0.05, 0) is 19.1 Å². The number of aryl methyl sites for hydroxylation is 1. The Bertz CT molecular complexity index is 209. The van der Waals surface area contributed by atoms with Crippen molar-refractivity contribution in [2.24, 2.45) is 0 Å². The van der Waals surface area contributed by atoms with Crippen LogP contribution in [0.15, 0.2) is 0 Å². The van der Waals surface area contributed by atoms with E-state index in [2.05, 4.69) is 31.3 Å². The van der Waals surface area contributed by atoms with E-state index in [4.69, 9.17) is 0 Å². The van der Waals surface area contributed by atoms with Crippen LogP contribution in [0.25, 0.3) is 0 Å². The van der Waals surface area contributed by atoms with Crippen molar-refractivity contribution in [3.05, 3.63) is 5.82 Å². The fraction of sp³-hybridized carbons (Fsp3) is 0.800. The highest BCUT2D eigenvalue weighted by molar-refractivity contribution is 9.09. The lowest BCUT2D eigenvalue weighted by molar-refractivity contribution is 0.462. The van der Waals surface area contributed by atoms with E-state index in [1.165, 1.54) is 0 Å². The molecule has 0 N–H and O–H groups in total. The predicted molar refractivity (Wildman–Crippen MR) is 41.1 cm³/mol. The van der Waals surface area contributed by atoms with Crippen molar-refractivity contribution < 1.29 is 0 Å². The van der Waals surface area contributed by atoms with Gasteiger partial charge in [-0.3, -0.25) is 0 Å². The molecule has 0 aromatic carbocycles. The molecule has 4 nitrogen and oxygen atoms in total. The fourth-order valence-electron chi connectivity index (χ4n) is 0.547. The molecule has 0 fully saturated rings. The van der Waals surface area contributed by atoms with Crippen LogP contribution in [0.3, 0.4) is 0 Å². The first-order valence-corrected chi connectivity index (χ1v) is 4.18. The summed E-state index contributed by atoms with van der Waals surface area (Å²) >= 11 is 3.33. The molecule has 1 rings (SSSR count). The monoisotopic (exact) mass is 204 g/mol. The molecule has 1 aromatic heterocycles. The van der Waals surface area contributed by atoms with Gasteiger partial charge in [0.2, 0.25) is 0 Å². The van der Waals surface area contributed by atoms with E-state index in [1.54, 1.807) is 4.80 Å². The molecular weight excluding hydrogens is 196 g/mol. The minimum Gasteiger partial charge on any atom is -0.161 e. The molecule has 0 bridgehead atoms. The molecule has 0 amide bonds. The summed E-state index contributed by atoms with van der Waals surface area (Å²) in [5.74, 6) is 0.716. The second-order valence-corrected chi connectivity index (χ2v) is 2.81. The van der Waals surface area contributed by atoms with Crippen LogP contribution in [0.1, 0.15) is 18.8 Å². The summed E-state index contributed by atoms with van der Waals surface area (Å²) < 4.78 is 0. The predicted octanol–water partition coefficient (Wildman–Crippen LogP) is 0.937. The Morgan fingerprint density at radius 3 is 2.80 bits per heavy atom. The first-order valence-electron chi connectivity index (χ1n) is 3.06. The van der Waals surface area contributed by atoms with Crippen molar-refractivity contribution in [1.82, 2.24) is 20.2 Å². The first kappa shape index (κ1) is 7.65. The normalized spacial score (nSPS) is 13.5. The Morgan fingerprint density at radius 1 is 1.70 bits per heavy atom. The Balaban J connectivity index is 2.74. The Hall–Kier alpha value is -0.450. The van der Waals surface area contributed by atoms with E-state index in [0.717, 1.165) is 5.33 Å². The van der Waals surface area contributed by atoms with Crippen molar-refractivity contribution in [3.63, 3.8) is 0 Å². The number of hydrogen-bond donors (Lipinski definition) is 0. The molecule has 10 heavy (non-hydrogen) atoms. The SMILES string of the molecule is Cc1nnn([C@@H](C)CBr)n1. The minimum atomic E-state index is 0.279. The molecule has 1 aromatic rings. The number of alkyl halides is 1. The van der Waals surface area contributed by atoms with Crippen LogP contribution < -0.4 is 0 Å². The molecule has 0 aliphatic carbocycles. The summed E-state index contributed by atoms with van der Waals surface area (Å²) in [6.07, 6.45) is 0. The molecule has 0 radical (unpaired) electrons. The maximum absolute atomic E-state index is 4.05. The number of halogens is 1. The first-order chi connectivity index (χ1) is 4.74. The van der Waals surface area contributed by atoms with Gasteiger partial charge in [-0.15, -0.1) is 10.2 Å². The van der Waals surface area contributed by atoms with E-state index in [9.17, 15) is 0 Å². The number of rotatable bonds is 2. The number of aromatic nitrogens is 4. The lowest BCUT2D eigenvalue weighted by Crippen LogP contribution is -2.09.